The number of carboxylic acid groups (broad SMARTS) is 1. The fourth-order valence-corrected chi connectivity index (χ4v) is 1.21. The fourth-order valence-electron chi connectivity index (χ4n) is 1.21. The lowest BCUT2D eigenvalue weighted by atomic mass is 10.2. The Balaban J connectivity index is 2.37. The summed E-state index contributed by atoms with van der Waals surface area (Å²) < 4.78 is 1.49. The van der Waals surface area contributed by atoms with E-state index < -0.39 is 5.97 Å². The van der Waals surface area contributed by atoms with Crippen molar-refractivity contribution in [1.29, 1.82) is 0 Å². The van der Waals surface area contributed by atoms with Crippen molar-refractivity contribution in [3.8, 4) is 5.69 Å². The molecule has 75 valence electrons. The monoisotopic (exact) mass is 201 g/mol. The Morgan fingerprint density at radius 2 is 2.27 bits per heavy atom. The smallest absolute Gasteiger partial charge is 0.356 e. The minimum atomic E-state index is -1.03. The SMILES string of the molecule is Cc1c[c]c(-n2ccc(C(=O)O)n2)cc1. The zero-order valence-corrected chi connectivity index (χ0v) is 8.14. The van der Waals surface area contributed by atoms with E-state index in [9.17, 15) is 4.79 Å². The number of aryl methyl sites for hydroxylation is 1. The Morgan fingerprint density at radius 3 is 2.80 bits per heavy atom. The van der Waals surface area contributed by atoms with Crippen molar-refractivity contribution in [1.82, 2.24) is 9.78 Å². The number of rotatable bonds is 2. The van der Waals surface area contributed by atoms with Crippen molar-refractivity contribution in [2.45, 2.75) is 6.92 Å². The molecule has 0 atom stereocenters. The van der Waals surface area contributed by atoms with Crippen LogP contribution in [0.1, 0.15) is 16.1 Å². The molecule has 4 nitrogen and oxygen atoms in total. The van der Waals surface area contributed by atoms with Crippen LogP contribution in [0.5, 0.6) is 0 Å². The first-order chi connectivity index (χ1) is 7.16. The average Bonchev–Trinajstić information content (AvgIpc) is 2.68. The summed E-state index contributed by atoms with van der Waals surface area (Å²) in [7, 11) is 0. The second-order valence-electron chi connectivity index (χ2n) is 3.20. The molecule has 0 spiro atoms. The maximum atomic E-state index is 10.6. The van der Waals surface area contributed by atoms with Crippen LogP contribution in [0.2, 0.25) is 0 Å². The molecule has 0 unspecified atom stereocenters. The van der Waals surface area contributed by atoms with Gasteiger partial charge in [-0.05, 0) is 25.1 Å². The Hall–Kier alpha value is -2.10. The van der Waals surface area contributed by atoms with E-state index in [0.29, 0.717) is 0 Å². The van der Waals surface area contributed by atoms with E-state index in [2.05, 4.69) is 11.2 Å². The van der Waals surface area contributed by atoms with Crippen LogP contribution in [0.15, 0.2) is 30.5 Å². The number of aromatic carboxylic acids is 1. The summed E-state index contributed by atoms with van der Waals surface area (Å²) in [5.74, 6) is -1.03. The molecule has 0 aliphatic heterocycles. The maximum Gasteiger partial charge on any atom is 0.356 e. The van der Waals surface area contributed by atoms with Crippen molar-refractivity contribution in [3.63, 3.8) is 0 Å². The molecular weight excluding hydrogens is 192 g/mol. The highest BCUT2D eigenvalue weighted by Crippen LogP contribution is 2.08. The van der Waals surface area contributed by atoms with E-state index in [1.165, 1.54) is 10.7 Å². The van der Waals surface area contributed by atoms with Gasteiger partial charge >= 0.3 is 5.97 Å². The third-order valence-corrected chi connectivity index (χ3v) is 2.01. The van der Waals surface area contributed by atoms with Gasteiger partial charge in [0.25, 0.3) is 0 Å². The molecule has 4 heteroatoms. The van der Waals surface area contributed by atoms with E-state index in [4.69, 9.17) is 5.11 Å². The summed E-state index contributed by atoms with van der Waals surface area (Å²) in [5, 5.41) is 12.6. The van der Waals surface area contributed by atoms with Crippen LogP contribution in [-0.2, 0) is 0 Å². The minimum Gasteiger partial charge on any atom is -0.476 e. The summed E-state index contributed by atoms with van der Waals surface area (Å²) in [6.07, 6.45) is 1.60. The summed E-state index contributed by atoms with van der Waals surface area (Å²) in [4.78, 5) is 10.6. The van der Waals surface area contributed by atoms with Crippen LogP contribution in [0, 0.1) is 13.0 Å². The van der Waals surface area contributed by atoms with Gasteiger partial charge in [0.05, 0.1) is 5.69 Å². The van der Waals surface area contributed by atoms with Crippen LogP contribution < -0.4 is 0 Å². The second kappa shape index (κ2) is 3.57. The molecule has 0 fully saturated rings. The standard InChI is InChI=1S/C11H9N2O2/c1-8-2-4-9(5-3-8)13-7-6-10(12-13)11(14)15/h2-4,6-7H,1H3,(H,14,15). The third-order valence-electron chi connectivity index (χ3n) is 2.01. The normalized spacial score (nSPS) is 10.2. The molecular formula is C11H9N2O2. The Kier molecular flexibility index (Phi) is 2.25. The number of nitrogens with zero attached hydrogens (tertiary/aromatic N) is 2. The first-order valence-electron chi connectivity index (χ1n) is 4.44. The fraction of sp³-hybridized carbons (Fsp3) is 0.0909. The Labute approximate surface area is 86.8 Å². The minimum absolute atomic E-state index is 0.0315. The molecule has 1 N–H and O–H groups in total. The molecule has 15 heavy (non-hydrogen) atoms. The van der Waals surface area contributed by atoms with Gasteiger partial charge in [-0.15, -0.1) is 0 Å². The lowest BCUT2D eigenvalue weighted by Gasteiger charge is -1.99. The van der Waals surface area contributed by atoms with Gasteiger partial charge in [-0.3, -0.25) is 0 Å². The van der Waals surface area contributed by atoms with Gasteiger partial charge in [0.15, 0.2) is 5.69 Å². The van der Waals surface area contributed by atoms with Crippen molar-refractivity contribution in [2.75, 3.05) is 0 Å². The molecule has 0 saturated heterocycles. The quantitative estimate of drug-likeness (QED) is 0.804. The lowest BCUT2D eigenvalue weighted by molar-refractivity contribution is 0.0690. The van der Waals surface area contributed by atoms with Crippen molar-refractivity contribution in [3.05, 3.63) is 47.8 Å². The van der Waals surface area contributed by atoms with E-state index >= 15 is 0 Å². The summed E-state index contributed by atoms with van der Waals surface area (Å²) in [6.45, 7) is 1.96. The lowest BCUT2D eigenvalue weighted by Crippen LogP contribution is -2.00. The predicted octanol–water partition coefficient (Wildman–Crippen LogP) is 1.68. The number of carboxylic acids is 1. The second-order valence-corrected chi connectivity index (χ2v) is 3.20. The molecule has 2 aromatic rings. The van der Waals surface area contributed by atoms with Gasteiger partial charge in [0.2, 0.25) is 0 Å². The zero-order valence-electron chi connectivity index (χ0n) is 8.14. The Morgan fingerprint density at radius 1 is 1.47 bits per heavy atom. The van der Waals surface area contributed by atoms with Crippen LogP contribution in [0.3, 0.4) is 0 Å². The van der Waals surface area contributed by atoms with Crippen molar-refractivity contribution in [2.24, 2.45) is 0 Å². The molecule has 0 saturated carbocycles. The van der Waals surface area contributed by atoms with Gasteiger partial charge < -0.3 is 5.11 Å². The van der Waals surface area contributed by atoms with Gasteiger partial charge in [-0.1, -0.05) is 11.6 Å². The van der Waals surface area contributed by atoms with Gasteiger partial charge in [-0.2, -0.15) is 5.10 Å². The van der Waals surface area contributed by atoms with Crippen LogP contribution in [-0.4, -0.2) is 20.9 Å². The molecule has 0 aliphatic carbocycles. The molecule has 0 amide bonds. The molecule has 1 radical (unpaired) electrons. The highest BCUT2D eigenvalue weighted by atomic mass is 16.4. The number of hydrogen-bond acceptors (Lipinski definition) is 2. The van der Waals surface area contributed by atoms with Gasteiger partial charge in [0, 0.05) is 12.3 Å². The highest BCUT2D eigenvalue weighted by Gasteiger charge is 2.07. The first kappa shape index (κ1) is 9.45. The summed E-state index contributed by atoms with van der Waals surface area (Å²) in [6, 6.07) is 10.1. The molecule has 1 aromatic heterocycles. The maximum absolute atomic E-state index is 10.6. The molecule has 0 aliphatic rings. The van der Waals surface area contributed by atoms with E-state index in [1.54, 1.807) is 6.20 Å². The summed E-state index contributed by atoms with van der Waals surface area (Å²) >= 11 is 0. The van der Waals surface area contributed by atoms with E-state index in [0.717, 1.165) is 11.3 Å². The number of benzene rings is 1. The molecule has 1 heterocycles. The van der Waals surface area contributed by atoms with E-state index in [1.807, 2.05) is 25.1 Å². The molecule has 2 rings (SSSR count). The number of aromatic nitrogens is 2. The van der Waals surface area contributed by atoms with E-state index in [-0.39, 0.29) is 5.69 Å². The number of carbonyl (C=O) groups is 1. The topological polar surface area (TPSA) is 55.1 Å². The first-order valence-corrected chi connectivity index (χ1v) is 4.44. The highest BCUT2D eigenvalue weighted by molar-refractivity contribution is 5.85. The van der Waals surface area contributed by atoms with Crippen molar-refractivity contribution < 1.29 is 9.90 Å². The third kappa shape index (κ3) is 1.88. The summed E-state index contributed by atoms with van der Waals surface area (Å²) in [5.41, 5.74) is 1.86. The Bertz CT molecular complexity index is 486. The predicted molar refractivity (Wildman–Crippen MR) is 54.1 cm³/mol. The van der Waals surface area contributed by atoms with Gasteiger partial charge in [-0.25, -0.2) is 9.48 Å². The average molecular weight is 201 g/mol. The molecule has 0 bridgehead atoms. The van der Waals surface area contributed by atoms with Crippen molar-refractivity contribution >= 4 is 5.97 Å². The molecule has 1 aromatic carbocycles. The zero-order chi connectivity index (χ0) is 10.8. The number of hydrogen-bond donors (Lipinski definition) is 1. The largest absolute Gasteiger partial charge is 0.476 e. The van der Waals surface area contributed by atoms with Crippen LogP contribution in [0.25, 0.3) is 5.69 Å². The van der Waals surface area contributed by atoms with Crippen LogP contribution >= 0.6 is 0 Å². The van der Waals surface area contributed by atoms with Gasteiger partial charge in [0.1, 0.15) is 0 Å². The van der Waals surface area contributed by atoms with Crippen LogP contribution in [0.4, 0.5) is 0 Å².